The fourth-order valence-electron chi connectivity index (χ4n) is 2.31. The van der Waals surface area contributed by atoms with E-state index in [-0.39, 0.29) is 5.88 Å². The van der Waals surface area contributed by atoms with E-state index in [9.17, 15) is 5.11 Å². The van der Waals surface area contributed by atoms with Crippen LogP contribution in [-0.2, 0) is 0 Å². The lowest BCUT2D eigenvalue weighted by atomic mass is 10.2. The van der Waals surface area contributed by atoms with Crippen molar-refractivity contribution in [3.8, 4) is 17.4 Å². The van der Waals surface area contributed by atoms with E-state index in [0.717, 1.165) is 5.56 Å². The highest BCUT2D eigenvalue weighted by Gasteiger charge is 2.15. The molecule has 0 spiro atoms. The second-order valence-corrected chi connectivity index (χ2v) is 5.11. The van der Waals surface area contributed by atoms with Crippen LogP contribution in [0.2, 0.25) is 0 Å². The molecule has 0 aliphatic rings. The van der Waals surface area contributed by atoms with Crippen molar-refractivity contribution < 1.29 is 14.6 Å². The first-order chi connectivity index (χ1) is 11.1. The van der Waals surface area contributed by atoms with Crippen molar-refractivity contribution in [2.24, 2.45) is 10.2 Å². The van der Waals surface area contributed by atoms with Crippen LogP contribution in [0.15, 0.2) is 46.6 Å². The third kappa shape index (κ3) is 2.83. The van der Waals surface area contributed by atoms with Gasteiger partial charge in [0.05, 0.1) is 25.4 Å². The summed E-state index contributed by atoms with van der Waals surface area (Å²) in [5, 5.41) is 19.1. The maximum absolute atomic E-state index is 10.1. The Balaban J connectivity index is 2.06. The number of nitrogens with one attached hydrogen (secondary N) is 1. The second kappa shape index (κ2) is 6.00. The quantitative estimate of drug-likeness (QED) is 0.690. The molecule has 6 nitrogen and oxygen atoms in total. The van der Waals surface area contributed by atoms with Crippen LogP contribution in [0.1, 0.15) is 5.56 Å². The van der Waals surface area contributed by atoms with Crippen LogP contribution < -0.4 is 9.47 Å². The van der Waals surface area contributed by atoms with Gasteiger partial charge in [-0.05, 0) is 25.1 Å². The summed E-state index contributed by atoms with van der Waals surface area (Å²) in [6.45, 7) is 2.01. The highest BCUT2D eigenvalue weighted by Crippen LogP contribution is 2.41. The maximum Gasteiger partial charge on any atom is 0.218 e. The van der Waals surface area contributed by atoms with Crippen LogP contribution in [-0.4, -0.2) is 24.3 Å². The Morgan fingerprint density at radius 3 is 2.26 bits per heavy atom. The molecule has 0 aliphatic carbocycles. The van der Waals surface area contributed by atoms with Crippen molar-refractivity contribution in [3.63, 3.8) is 0 Å². The number of ether oxygens (including phenoxy) is 2. The first kappa shape index (κ1) is 14.9. The van der Waals surface area contributed by atoms with Gasteiger partial charge in [0.2, 0.25) is 5.88 Å². The average molecular weight is 311 g/mol. The van der Waals surface area contributed by atoms with Gasteiger partial charge in [0, 0.05) is 11.5 Å². The fraction of sp³-hybridized carbons (Fsp3) is 0.176. The van der Waals surface area contributed by atoms with Crippen LogP contribution in [0.25, 0.3) is 10.9 Å². The highest BCUT2D eigenvalue weighted by atomic mass is 16.5. The Morgan fingerprint density at radius 1 is 0.957 bits per heavy atom. The third-order valence-electron chi connectivity index (χ3n) is 3.56. The molecule has 0 amide bonds. The molecule has 0 saturated carbocycles. The van der Waals surface area contributed by atoms with E-state index in [4.69, 9.17) is 9.47 Å². The Kier molecular flexibility index (Phi) is 3.89. The SMILES string of the molecule is COc1cc2[nH]c(O)c(N=Nc3ccc(C)cc3)c2cc1OC. The summed E-state index contributed by atoms with van der Waals surface area (Å²) in [5.41, 5.74) is 2.92. The van der Waals surface area contributed by atoms with Crippen molar-refractivity contribution in [1.82, 2.24) is 4.98 Å². The van der Waals surface area contributed by atoms with Crippen LogP contribution in [0.4, 0.5) is 11.4 Å². The number of aromatic amines is 1. The molecular formula is C17H17N3O3. The second-order valence-electron chi connectivity index (χ2n) is 5.11. The van der Waals surface area contributed by atoms with Crippen LogP contribution in [0, 0.1) is 6.92 Å². The number of hydrogen-bond acceptors (Lipinski definition) is 5. The third-order valence-corrected chi connectivity index (χ3v) is 3.56. The summed E-state index contributed by atoms with van der Waals surface area (Å²) in [4.78, 5) is 2.86. The maximum atomic E-state index is 10.1. The van der Waals surface area contributed by atoms with Crippen molar-refractivity contribution in [2.45, 2.75) is 6.92 Å². The minimum absolute atomic E-state index is 0.0498. The fourth-order valence-corrected chi connectivity index (χ4v) is 2.31. The van der Waals surface area contributed by atoms with Gasteiger partial charge >= 0.3 is 0 Å². The van der Waals surface area contributed by atoms with Crippen LogP contribution >= 0.6 is 0 Å². The lowest BCUT2D eigenvalue weighted by Gasteiger charge is -2.06. The molecule has 0 radical (unpaired) electrons. The van der Waals surface area contributed by atoms with Gasteiger partial charge in [0.15, 0.2) is 17.2 Å². The monoisotopic (exact) mass is 311 g/mol. The largest absolute Gasteiger partial charge is 0.493 e. The lowest BCUT2D eigenvalue weighted by Crippen LogP contribution is -1.89. The summed E-state index contributed by atoms with van der Waals surface area (Å²) >= 11 is 0. The summed E-state index contributed by atoms with van der Waals surface area (Å²) in [5.74, 6) is 1.08. The predicted molar refractivity (Wildman–Crippen MR) is 88.4 cm³/mol. The number of aromatic nitrogens is 1. The van der Waals surface area contributed by atoms with E-state index in [1.807, 2.05) is 31.2 Å². The van der Waals surface area contributed by atoms with Gasteiger partial charge in [-0.15, -0.1) is 5.11 Å². The van der Waals surface area contributed by atoms with Crippen LogP contribution in [0.3, 0.4) is 0 Å². The van der Waals surface area contributed by atoms with Crippen molar-refractivity contribution in [1.29, 1.82) is 0 Å². The molecule has 1 aromatic heterocycles. The zero-order valence-electron chi connectivity index (χ0n) is 13.1. The van der Waals surface area contributed by atoms with Gasteiger partial charge in [0.1, 0.15) is 0 Å². The first-order valence-corrected chi connectivity index (χ1v) is 7.07. The van der Waals surface area contributed by atoms with E-state index in [1.165, 1.54) is 0 Å². The zero-order valence-corrected chi connectivity index (χ0v) is 13.1. The summed E-state index contributed by atoms with van der Waals surface area (Å²) in [6.07, 6.45) is 0. The number of hydrogen-bond donors (Lipinski definition) is 2. The summed E-state index contributed by atoms with van der Waals surface area (Å²) in [6, 6.07) is 11.2. The Labute approximate surface area is 133 Å². The molecule has 0 aliphatic heterocycles. The minimum Gasteiger partial charge on any atom is -0.493 e. The minimum atomic E-state index is -0.0498. The number of nitrogens with zero attached hydrogens (tertiary/aromatic N) is 2. The zero-order chi connectivity index (χ0) is 16.4. The molecule has 2 N–H and O–H groups in total. The van der Waals surface area contributed by atoms with E-state index < -0.39 is 0 Å². The van der Waals surface area contributed by atoms with Gasteiger partial charge in [-0.1, -0.05) is 17.7 Å². The molecule has 2 aromatic carbocycles. The van der Waals surface area contributed by atoms with E-state index in [1.54, 1.807) is 26.4 Å². The number of H-pyrrole nitrogens is 1. The normalized spacial score (nSPS) is 11.3. The van der Waals surface area contributed by atoms with Gasteiger partial charge in [-0.2, -0.15) is 5.11 Å². The number of aryl methyl sites for hydroxylation is 1. The first-order valence-electron chi connectivity index (χ1n) is 7.07. The topological polar surface area (TPSA) is 79.2 Å². The molecule has 0 atom stereocenters. The molecule has 0 fully saturated rings. The molecule has 3 rings (SSSR count). The lowest BCUT2D eigenvalue weighted by molar-refractivity contribution is 0.356. The molecule has 23 heavy (non-hydrogen) atoms. The number of azo groups is 1. The van der Waals surface area contributed by atoms with Crippen molar-refractivity contribution in [3.05, 3.63) is 42.0 Å². The van der Waals surface area contributed by atoms with Crippen LogP contribution in [0.5, 0.6) is 17.4 Å². The van der Waals surface area contributed by atoms with E-state index in [0.29, 0.717) is 33.8 Å². The highest BCUT2D eigenvalue weighted by molar-refractivity contribution is 5.96. The molecule has 0 bridgehead atoms. The van der Waals surface area contributed by atoms with Crippen molar-refractivity contribution in [2.75, 3.05) is 14.2 Å². The van der Waals surface area contributed by atoms with Crippen molar-refractivity contribution >= 4 is 22.3 Å². The number of rotatable bonds is 4. The summed E-state index contributed by atoms with van der Waals surface area (Å²) < 4.78 is 10.5. The molecule has 0 saturated heterocycles. The Bertz CT molecular complexity index is 867. The Hall–Kier alpha value is -3.02. The molecule has 3 aromatic rings. The predicted octanol–water partition coefficient (Wildman–Crippen LogP) is 4.61. The molecule has 118 valence electrons. The van der Waals surface area contributed by atoms with Gasteiger partial charge in [-0.3, -0.25) is 0 Å². The number of fused-ring (bicyclic) bond motifs is 1. The standard InChI is InChI=1S/C17H17N3O3/c1-10-4-6-11(7-5-10)19-20-16-12-8-14(22-2)15(23-3)9-13(12)18-17(16)21/h4-9,18,21H,1-3H3. The summed E-state index contributed by atoms with van der Waals surface area (Å²) in [7, 11) is 3.12. The molecule has 1 heterocycles. The molecular weight excluding hydrogens is 294 g/mol. The number of aromatic hydroxyl groups is 1. The number of benzene rings is 2. The van der Waals surface area contributed by atoms with Gasteiger partial charge in [0.25, 0.3) is 0 Å². The number of methoxy groups -OCH3 is 2. The average Bonchev–Trinajstić information content (AvgIpc) is 2.87. The molecule has 6 heteroatoms. The van der Waals surface area contributed by atoms with Gasteiger partial charge < -0.3 is 19.6 Å². The van der Waals surface area contributed by atoms with E-state index in [2.05, 4.69) is 15.2 Å². The van der Waals surface area contributed by atoms with Gasteiger partial charge in [-0.25, -0.2) is 0 Å². The van der Waals surface area contributed by atoms with E-state index >= 15 is 0 Å². The smallest absolute Gasteiger partial charge is 0.218 e. The Morgan fingerprint density at radius 2 is 1.61 bits per heavy atom. The molecule has 0 unspecified atom stereocenters.